The van der Waals surface area contributed by atoms with Gasteiger partial charge in [0.2, 0.25) is 0 Å². The molecule has 1 aliphatic heterocycles. The van der Waals surface area contributed by atoms with E-state index < -0.39 is 5.67 Å². The fourth-order valence-electron chi connectivity index (χ4n) is 1.82. The molecule has 1 unspecified atom stereocenters. The standard InChI is InChI=1S/C10H13ClFNS/c11-8-2-5-14-9(8)6-10(12)3-1-4-13-7-10/h2,5,13H,1,3-4,6-7H2. The Bertz CT molecular complexity index is 307. The molecular formula is C10H13ClFNS. The van der Waals surface area contributed by atoms with Crippen molar-refractivity contribution >= 4 is 22.9 Å². The van der Waals surface area contributed by atoms with Gasteiger partial charge < -0.3 is 5.32 Å². The minimum absolute atomic E-state index is 0.455. The summed E-state index contributed by atoms with van der Waals surface area (Å²) < 4.78 is 14.2. The maximum absolute atomic E-state index is 14.2. The van der Waals surface area contributed by atoms with E-state index in [1.165, 1.54) is 0 Å². The molecule has 0 radical (unpaired) electrons. The van der Waals surface area contributed by atoms with E-state index in [4.69, 9.17) is 11.6 Å². The Kier molecular flexibility index (Phi) is 3.10. The maximum Gasteiger partial charge on any atom is 0.128 e. The van der Waals surface area contributed by atoms with Crippen LogP contribution in [0.4, 0.5) is 4.39 Å². The van der Waals surface area contributed by atoms with Gasteiger partial charge in [-0.1, -0.05) is 11.6 Å². The molecule has 0 spiro atoms. The van der Waals surface area contributed by atoms with E-state index >= 15 is 0 Å². The lowest BCUT2D eigenvalue weighted by Crippen LogP contribution is -2.43. The van der Waals surface area contributed by atoms with Crippen molar-refractivity contribution in [3.8, 4) is 0 Å². The smallest absolute Gasteiger partial charge is 0.128 e. The molecule has 4 heteroatoms. The number of hydrogen-bond acceptors (Lipinski definition) is 2. The van der Waals surface area contributed by atoms with Crippen molar-refractivity contribution in [2.75, 3.05) is 13.1 Å². The second kappa shape index (κ2) is 4.17. The largest absolute Gasteiger partial charge is 0.314 e. The minimum Gasteiger partial charge on any atom is -0.314 e. The molecule has 1 saturated heterocycles. The first-order chi connectivity index (χ1) is 6.70. The first-order valence-electron chi connectivity index (χ1n) is 4.81. The SMILES string of the molecule is FC1(Cc2sccc2Cl)CCCNC1. The van der Waals surface area contributed by atoms with Crippen LogP contribution in [-0.4, -0.2) is 18.8 Å². The van der Waals surface area contributed by atoms with E-state index in [1.807, 2.05) is 11.4 Å². The molecule has 2 rings (SSSR count). The summed E-state index contributed by atoms with van der Waals surface area (Å²) in [5, 5.41) is 5.71. The quantitative estimate of drug-likeness (QED) is 0.828. The summed E-state index contributed by atoms with van der Waals surface area (Å²) in [5.74, 6) is 0. The highest BCUT2D eigenvalue weighted by Crippen LogP contribution is 2.31. The molecule has 1 aromatic rings. The highest BCUT2D eigenvalue weighted by Gasteiger charge is 2.32. The maximum atomic E-state index is 14.2. The Labute approximate surface area is 92.3 Å². The predicted octanol–water partition coefficient (Wildman–Crippen LogP) is 3.04. The number of thiophene rings is 1. The highest BCUT2D eigenvalue weighted by atomic mass is 35.5. The molecule has 0 aromatic carbocycles. The molecule has 1 nitrogen and oxygen atoms in total. The van der Waals surface area contributed by atoms with Gasteiger partial charge in [0.25, 0.3) is 0 Å². The third kappa shape index (κ3) is 2.27. The molecule has 0 aliphatic carbocycles. The Balaban J connectivity index is 2.05. The summed E-state index contributed by atoms with van der Waals surface area (Å²) in [6.07, 6.45) is 2.02. The zero-order valence-corrected chi connectivity index (χ0v) is 9.43. The van der Waals surface area contributed by atoms with Crippen molar-refractivity contribution in [1.29, 1.82) is 0 Å². The van der Waals surface area contributed by atoms with Gasteiger partial charge in [0.05, 0.1) is 5.02 Å². The molecule has 1 atom stereocenters. The van der Waals surface area contributed by atoms with Crippen molar-refractivity contribution in [3.05, 3.63) is 21.3 Å². The number of nitrogens with one attached hydrogen (secondary N) is 1. The van der Waals surface area contributed by atoms with E-state index in [9.17, 15) is 4.39 Å². The monoisotopic (exact) mass is 233 g/mol. The van der Waals surface area contributed by atoms with Gasteiger partial charge in [-0.25, -0.2) is 4.39 Å². The summed E-state index contributed by atoms with van der Waals surface area (Å²) in [5.41, 5.74) is -1.09. The average molecular weight is 234 g/mol. The molecule has 0 amide bonds. The van der Waals surface area contributed by atoms with Crippen molar-refractivity contribution in [3.63, 3.8) is 0 Å². The normalized spacial score (nSPS) is 27.9. The van der Waals surface area contributed by atoms with Crippen LogP contribution in [0, 0.1) is 0 Å². The molecule has 14 heavy (non-hydrogen) atoms. The molecule has 1 N–H and O–H groups in total. The van der Waals surface area contributed by atoms with Gasteiger partial charge in [-0.05, 0) is 30.8 Å². The van der Waals surface area contributed by atoms with Crippen LogP contribution in [0.2, 0.25) is 5.02 Å². The summed E-state index contributed by atoms with van der Waals surface area (Å²) in [6, 6.07) is 1.83. The zero-order valence-electron chi connectivity index (χ0n) is 7.85. The van der Waals surface area contributed by atoms with E-state index in [0.29, 0.717) is 24.4 Å². The molecule has 0 saturated carbocycles. The van der Waals surface area contributed by atoms with Crippen LogP contribution in [-0.2, 0) is 6.42 Å². The topological polar surface area (TPSA) is 12.0 Å². The minimum atomic E-state index is -1.09. The molecular weight excluding hydrogens is 221 g/mol. The molecule has 0 bridgehead atoms. The molecule has 78 valence electrons. The van der Waals surface area contributed by atoms with Crippen LogP contribution in [0.3, 0.4) is 0 Å². The van der Waals surface area contributed by atoms with Gasteiger partial charge in [0.15, 0.2) is 0 Å². The van der Waals surface area contributed by atoms with Crippen LogP contribution in [0.25, 0.3) is 0 Å². The third-order valence-corrected chi connectivity index (χ3v) is 3.98. The van der Waals surface area contributed by atoms with Crippen LogP contribution >= 0.6 is 22.9 Å². The van der Waals surface area contributed by atoms with Crippen molar-refractivity contribution in [2.24, 2.45) is 0 Å². The summed E-state index contributed by atoms with van der Waals surface area (Å²) in [4.78, 5) is 0.970. The third-order valence-electron chi connectivity index (χ3n) is 2.59. The first-order valence-corrected chi connectivity index (χ1v) is 6.07. The van der Waals surface area contributed by atoms with E-state index in [-0.39, 0.29) is 0 Å². The second-order valence-corrected chi connectivity index (χ2v) is 5.21. The van der Waals surface area contributed by atoms with Gasteiger partial charge in [-0.2, -0.15) is 0 Å². The molecule has 2 heterocycles. The fraction of sp³-hybridized carbons (Fsp3) is 0.600. The van der Waals surface area contributed by atoms with E-state index in [2.05, 4.69) is 5.32 Å². The molecule has 1 fully saturated rings. The highest BCUT2D eigenvalue weighted by molar-refractivity contribution is 7.10. The Hall–Kier alpha value is -0.120. The fourth-order valence-corrected chi connectivity index (χ4v) is 3.05. The average Bonchev–Trinajstić information content (AvgIpc) is 2.52. The lowest BCUT2D eigenvalue weighted by Gasteiger charge is -2.29. The van der Waals surface area contributed by atoms with Crippen LogP contribution in [0.5, 0.6) is 0 Å². The molecule has 1 aromatic heterocycles. The summed E-state index contributed by atoms with van der Waals surface area (Å²) in [7, 11) is 0. The van der Waals surface area contributed by atoms with Crippen molar-refractivity contribution in [1.82, 2.24) is 5.32 Å². The number of rotatable bonds is 2. The van der Waals surface area contributed by atoms with Crippen LogP contribution < -0.4 is 5.32 Å². The van der Waals surface area contributed by atoms with Gasteiger partial charge in [-0.15, -0.1) is 11.3 Å². The van der Waals surface area contributed by atoms with Gasteiger partial charge in [0, 0.05) is 17.8 Å². The number of hydrogen-bond donors (Lipinski definition) is 1. The number of piperidine rings is 1. The lowest BCUT2D eigenvalue weighted by atomic mass is 9.92. The van der Waals surface area contributed by atoms with Crippen molar-refractivity contribution in [2.45, 2.75) is 24.9 Å². The van der Waals surface area contributed by atoms with E-state index in [1.54, 1.807) is 11.3 Å². The van der Waals surface area contributed by atoms with Crippen LogP contribution in [0.15, 0.2) is 11.4 Å². The van der Waals surface area contributed by atoms with E-state index in [0.717, 1.165) is 17.8 Å². The van der Waals surface area contributed by atoms with Gasteiger partial charge in [-0.3, -0.25) is 0 Å². The summed E-state index contributed by atoms with van der Waals surface area (Å²) >= 11 is 7.49. The van der Waals surface area contributed by atoms with Gasteiger partial charge >= 0.3 is 0 Å². The number of halogens is 2. The Morgan fingerprint density at radius 3 is 3.07 bits per heavy atom. The first kappa shape index (κ1) is 10.4. The number of alkyl halides is 1. The zero-order chi connectivity index (χ0) is 10.0. The second-order valence-electron chi connectivity index (χ2n) is 3.80. The van der Waals surface area contributed by atoms with Crippen LogP contribution in [0.1, 0.15) is 17.7 Å². The lowest BCUT2D eigenvalue weighted by molar-refractivity contribution is 0.123. The van der Waals surface area contributed by atoms with Crippen molar-refractivity contribution < 1.29 is 4.39 Å². The summed E-state index contributed by atoms with van der Waals surface area (Å²) in [6.45, 7) is 1.39. The molecule has 1 aliphatic rings. The predicted molar refractivity (Wildman–Crippen MR) is 59.0 cm³/mol. The Morgan fingerprint density at radius 2 is 2.50 bits per heavy atom. The van der Waals surface area contributed by atoms with Gasteiger partial charge in [0.1, 0.15) is 5.67 Å². The Morgan fingerprint density at radius 1 is 1.64 bits per heavy atom.